The minimum atomic E-state index is -0.228. The second kappa shape index (κ2) is 6.96. The number of carbonyl (C=O) groups excluding carboxylic acids is 3. The first-order valence-electron chi connectivity index (χ1n) is 7.25. The van der Waals surface area contributed by atoms with Gasteiger partial charge in [0, 0.05) is 11.6 Å². The highest BCUT2D eigenvalue weighted by molar-refractivity contribution is 8.14. The molecular weight excluding hydrogens is 300 g/mol. The molecule has 2 rings (SSSR count). The third-order valence-corrected chi connectivity index (χ3v) is 4.59. The number of carbonyl (C=O) groups is 3. The minimum Gasteiger partial charge on any atom is -0.349 e. The van der Waals surface area contributed by atoms with Gasteiger partial charge in [0.2, 0.25) is 5.91 Å². The van der Waals surface area contributed by atoms with Crippen LogP contribution in [0.1, 0.15) is 36.7 Å². The average Bonchev–Trinajstić information content (AvgIpc) is 2.79. The zero-order chi connectivity index (χ0) is 16.3. The van der Waals surface area contributed by atoms with Crippen LogP contribution >= 0.6 is 11.8 Å². The van der Waals surface area contributed by atoms with Crippen LogP contribution in [0.25, 0.3) is 0 Å². The van der Waals surface area contributed by atoms with Crippen LogP contribution in [0.5, 0.6) is 0 Å². The van der Waals surface area contributed by atoms with E-state index in [0.29, 0.717) is 11.5 Å². The monoisotopic (exact) mass is 320 g/mol. The van der Waals surface area contributed by atoms with E-state index in [1.807, 2.05) is 26.8 Å². The molecule has 118 valence electrons. The molecule has 1 unspecified atom stereocenters. The number of benzene rings is 1. The van der Waals surface area contributed by atoms with Crippen LogP contribution in [0.3, 0.4) is 0 Å². The standard InChI is InChI=1S/C16H20N2O3S/c1-10(2)11(3)17-15(20)13-6-4-5-12(7-13)8-18-14(19)9-22-16(18)21/h4-7,10-11H,8-9H2,1-3H3,(H,17,20). The van der Waals surface area contributed by atoms with Crippen LogP contribution in [0.4, 0.5) is 4.79 Å². The molecule has 1 aromatic carbocycles. The van der Waals surface area contributed by atoms with Crippen molar-refractivity contribution in [2.45, 2.75) is 33.4 Å². The van der Waals surface area contributed by atoms with Gasteiger partial charge in [-0.25, -0.2) is 0 Å². The van der Waals surface area contributed by atoms with Crippen molar-refractivity contribution in [3.05, 3.63) is 35.4 Å². The highest BCUT2D eigenvalue weighted by Gasteiger charge is 2.29. The van der Waals surface area contributed by atoms with Crippen LogP contribution in [-0.4, -0.2) is 33.7 Å². The van der Waals surface area contributed by atoms with Crippen LogP contribution < -0.4 is 5.32 Å². The topological polar surface area (TPSA) is 66.5 Å². The summed E-state index contributed by atoms with van der Waals surface area (Å²) in [7, 11) is 0. The summed E-state index contributed by atoms with van der Waals surface area (Å²) in [5, 5.41) is 2.72. The Labute approximate surface area is 134 Å². The van der Waals surface area contributed by atoms with E-state index in [4.69, 9.17) is 0 Å². The molecule has 1 aliphatic rings. The van der Waals surface area contributed by atoms with Crippen LogP contribution in [-0.2, 0) is 11.3 Å². The lowest BCUT2D eigenvalue weighted by Crippen LogP contribution is -2.36. The van der Waals surface area contributed by atoms with Gasteiger partial charge >= 0.3 is 0 Å². The second-order valence-electron chi connectivity index (χ2n) is 5.74. The van der Waals surface area contributed by atoms with Gasteiger partial charge in [-0.3, -0.25) is 19.3 Å². The lowest BCUT2D eigenvalue weighted by atomic mass is 10.1. The van der Waals surface area contributed by atoms with Gasteiger partial charge in [-0.15, -0.1) is 0 Å². The first-order chi connectivity index (χ1) is 10.4. The molecule has 0 bridgehead atoms. The Balaban J connectivity index is 2.08. The number of rotatable bonds is 5. The summed E-state index contributed by atoms with van der Waals surface area (Å²) >= 11 is 1.01. The van der Waals surface area contributed by atoms with Gasteiger partial charge in [0.05, 0.1) is 12.3 Å². The number of amides is 3. The summed E-state index contributed by atoms with van der Waals surface area (Å²) < 4.78 is 0. The van der Waals surface area contributed by atoms with Crippen molar-refractivity contribution in [3.8, 4) is 0 Å². The van der Waals surface area contributed by atoms with Gasteiger partial charge < -0.3 is 5.32 Å². The number of thioether (sulfide) groups is 1. The molecule has 1 atom stereocenters. The maximum Gasteiger partial charge on any atom is 0.289 e. The van der Waals surface area contributed by atoms with Crippen LogP contribution in [0.15, 0.2) is 24.3 Å². The van der Waals surface area contributed by atoms with E-state index >= 15 is 0 Å². The third kappa shape index (κ3) is 3.88. The molecule has 1 aromatic rings. The van der Waals surface area contributed by atoms with Gasteiger partial charge in [-0.1, -0.05) is 37.7 Å². The van der Waals surface area contributed by atoms with E-state index < -0.39 is 0 Å². The average molecular weight is 320 g/mol. The van der Waals surface area contributed by atoms with Gasteiger partial charge in [0.1, 0.15) is 0 Å². The van der Waals surface area contributed by atoms with Crippen molar-refractivity contribution < 1.29 is 14.4 Å². The summed E-state index contributed by atoms with van der Waals surface area (Å²) in [6.07, 6.45) is 0. The van der Waals surface area contributed by atoms with Crippen molar-refractivity contribution in [2.24, 2.45) is 5.92 Å². The highest BCUT2D eigenvalue weighted by atomic mass is 32.2. The molecule has 1 N–H and O–H groups in total. The summed E-state index contributed by atoms with van der Waals surface area (Å²) in [6, 6.07) is 7.11. The van der Waals surface area contributed by atoms with Crippen molar-refractivity contribution in [1.82, 2.24) is 10.2 Å². The molecule has 6 heteroatoms. The van der Waals surface area contributed by atoms with Gasteiger partial charge in [0.25, 0.3) is 11.1 Å². The SMILES string of the molecule is CC(C)C(C)NC(=O)c1cccc(CN2C(=O)CSC2=O)c1. The normalized spacial score (nSPS) is 16.3. The lowest BCUT2D eigenvalue weighted by Gasteiger charge is -2.18. The van der Waals surface area contributed by atoms with E-state index in [1.54, 1.807) is 18.2 Å². The number of hydrogen-bond acceptors (Lipinski definition) is 4. The van der Waals surface area contributed by atoms with Crippen molar-refractivity contribution in [1.29, 1.82) is 0 Å². The molecule has 1 heterocycles. The van der Waals surface area contributed by atoms with Crippen molar-refractivity contribution >= 4 is 28.8 Å². The molecule has 3 amide bonds. The summed E-state index contributed by atoms with van der Waals surface area (Å²) in [5.74, 6) is 0.226. The fraction of sp³-hybridized carbons (Fsp3) is 0.438. The second-order valence-corrected chi connectivity index (χ2v) is 6.67. The first kappa shape index (κ1) is 16.5. The Kier molecular flexibility index (Phi) is 5.24. The molecule has 0 aromatic heterocycles. The Bertz CT molecular complexity index is 585. The molecular formula is C16H20N2O3S. The van der Waals surface area contributed by atoms with E-state index in [1.165, 1.54) is 4.90 Å². The first-order valence-corrected chi connectivity index (χ1v) is 8.24. The lowest BCUT2D eigenvalue weighted by molar-refractivity contribution is -0.125. The molecule has 1 aliphatic heterocycles. The zero-order valence-corrected chi connectivity index (χ0v) is 13.8. The van der Waals surface area contributed by atoms with E-state index in [0.717, 1.165) is 17.3 Å². The molecule has 1 fully saturated rings. The molecule has 5 nitrogen and oxygen atoms in total. The van der Waals surface area contributed by atoms with E-state index in [9.17, 15) is 14.4 Å². The minimum absolute atomic E-state index is 0.0780. The quantitative estimate of drug-likeness (QED) is 0.906. The van der Waals surface area contributed by atoms with Gasteiger partial charge in [0.15, 0.2) is 0 Å². The zero-order valence-electron chi connectivity index (χ0n) is 13.0. The Morgan fingerprint density at radius 2 is 2.05 bits per heavy atom. The molecule has 0 spiro atoms. The predicted octanol–water partition coefficient (Wildman–Crippen LogP) is 2.66. The van der Waals surface area contributed by atoms with E-state index in [2.05, 4.69) is 5.32 Å². The Hall–Kier alpha value is -1.82. The molecule has 22 heavy (non-hydrogen) atoms. The highest BCUT2D eigenvalue weighted by Crippen LogP contribution is 2.21. The summed E-state index contributed by atoms with van der Waals surface area (Å²) in [4.78, 5) is 36.7. The molecule has 0 radical (unpaired) electrons. The maximum atomic E-state index is 12.2. The fourth-order valence-electron chi connectivity index (χ4n) is 1.98. The Morgan fingerprint density at radius 3 is 2.64 bits per heavy atom. The molecule has 1 saturated heterocycles. The van der Waals surface area contributed by atoms with Crippen LogP contribution in [0, 0.1) is 5.92 Å². The summed E-state index contributed by atoms with van der Waals surface area (Å²) in [5.41, 5.74) is 1.31. The van der Waals surface area contributed by atoms with Gasteiger partial charge in [-0.05, 0) is 30.5 Å². The third-order valence-electron chi connectivity index (χ3n) is 3.73. The number of imide groups is 1. The summed E-state index contributed by atoms with van der Waals surface area (Å²) in [6.45, 7) is 6.27. The smallest absolute Gasteiger partial charge is 0.289 e. The maximum absolute atomic E-state index is 12.2. The van der Waals surface area contributed by atoms with Crippen molar-refractivity contribution in [2.75, 3.05) is 5.75 Å². The van der Waals surface area contributed by atoms with Crippen LogP contribution in [0.2, 0.25) is 0 Å². The van der Waals surface area contributed by atoms with Gasteiger partial charge in [-0.2, -0.15) is 0 Å². The largest absolute Gasteiger partial charge is 0.349 e. The van der Waals surface area contributed by atoms with E-state index in [-0.39, 0.29) is 35.4 Å². The van der Waals surface area contributed by atoms with Crippen molar-refractivity contribution in [3.63, 3.8) is 0 Å². The number of nitrogens with one attached hydrogen (secondary N) is 1. The molecule has 0 saturated carbocycles. The number of nitrogens with zero attached hydrogens (tertiary/aromatic N) is 1. The molecule has 0 aliphatic carbocycles. The number of hydrogen-bond donors (Lipinski definition) is 1. The predicted molar refractivity (Wildman–Crippen MR) is 86.6 cm³/mol. The Morgan fingerprint density at radius 1 is 1.32 bits per heavy atom. The fourth-order valence-corrected chi connectivity index (χ4v) is 2.71.